The average Bonchev–Trinajstić information content (AvgIpc) is 2.89. The molecule has 2 N–H and O–H groups in total. The molecule has 0 bridgehead atoms. The molecule has 5 heteroatoms. The summed E-state index contributed by atoms with van der Waals surface area (Å²) in [5.74, 6) is -0.300. The molecule has 1 aromatic carbocycles. The van der Waals surface area contributed by atoms with Gasteiger partial charge in [0.15, 0.2) is 0 Å². The Morgan fingerprint density at radius 3 is 2.52 bits per heavy atom. The largest absolute Gasteiger partial charge is 0.460 e. The minimum atomic E-state index is -0.300. The molecule has 112 valence electrons. The van der Waals surface area contributed by atoms with E-state index in [1.807, 2.05) is 57.7 Å². The van der Waals surface area contributed by atoms with Gasteiger partial charge in [-0.25, -0.2) is 4.79 Å². The molecule has 0 aliphatic carbocycles. The zero-order valence-electron chi connectivity index (χ0n) is 12.6. The molecule has 5 nitrogen and oxygen atoms in total. The molecule has 2 aromatic rings. The molecule has 2 rings (SSSR count). The van der Waals surface area contributed by atoms with E-state index >= 15 is 0 Å². The Morgan fingerprint density at radius 2 is 1.90 bits per heavy atom. The first-order chi connectivity index (χ1) is 10.2. The second kappa shape index (κ2) is 6.95. The molecule has 0 radical (unpaired) electrons. The Morgan fingerprint density at radius 1 is 1.19 bits per heavy atom. The number of hydrogen-bond donors (Lipinski definition) is 2. The summed E-state index contributed by atoms with van der Waals surface area (Å²) in [6, 6.07) is 9.92. The van der Waals surface area contributed by atoms with Crippen LogP contribution in [0.15, 0.2) is 36.5 Å². The van der Waals surface area contributed by atoms with Gasteiger partial charge in [-0.05, 0) is 30.8 Å². The van der Waals surface area contributed by atoms with E-state index in [9.17, 15) is 4.79 Å². The van der Waals surface area contributed by atoms with E-state index < -0.39 is 0 Å². The third-order valence-electron chi connectivity index (χ3n) is 3.31. The van der Waals surface area contributed by atoms with Crippen molar-refractivity contribution in [3.05, 3.63) is 42.2 Å². The minimum Gasteiger partial charge on any atom is -0.460 e. The van der Waals surface area contributed by atoms with Gasteiger partial charge in [-0.3, -0.25) is 0 Å². The Kier molecular flexibility index (Phi) is 5.00. The zero-order valence-corrected chi connectivity index (χ0v) is 12.6. The Bertz CT molecular complexity index is 602. The number of carbonyl (C=O) groups is 1. The molecular formula is C16H21N3O2. The lowest BCUT2D eigenvalue weighted by molar-refractivity contribution is 0.0499. The highest BCUT2D eigenvalue weighted by Gasteiger charge is 2.13. The predicted octanol–water partition coefficient (Wildman–Crippen LogP) is 2.11. The molecule has 0 saturated heterocycles. The first kappa shape index (κ1) is 15.1. The van der Waals surface area contributed by atoms with Crippen molar-refractivity contribution in [1.29, 1.82) is 0 Å². The number of ether oxygens (including phenoxy) is 1. The second-order valence-corrected chi connectivity index (χ2v) is 4.79. The number of carbonyl (C=O) groups excluding carboxylic acids is 1. The number of likely N-dealkylation sites (N-methyl/N-ethyl adjacent to an activating group) is 1. The molecule has 1 aromatic heterocycles. The van der Waals surface area contributed by atoms with E-state index in [1.54, 1.807) is 4.57 Å². The first-order valence-electron chi connectivity index (χ1n) is 6.92. The number of anilines is 1. The van der Waals surface area contributed by atoms with Gasteiger partial charge in [0, 0.05) is 38.1 Å². The molecule has 21 heavy (non-hydrogen) atoms. The van der Waals surface area contributed by atoms with Gasteiger partial charge in [0.05, 0.1) is 0 Å². The van der Waals surface area contributed by atoms with Crippen LogP contribution in [-0.4, -0.2) is 37.8 Å². The van der Waals surface area contributed by atoms with Crippen molar-refractivity contribution >= 4 is 11.7 Å². The summed E-state index contributed by atoms with van der Waals surface area (Å²) in [6.07, 6.45) is 1.93. The van der Waals surface area contributed by atoms with Gasteiger partial charge in [0.25, 0.3) is 0 Å². The van der Waals surface area contributed by atoms with E-state index in [1.165, 1.54) is 0 Å². The summed E-state index contributed by atoms with van der Waals surface area (Å²) in [5.41, 5.74) is 3.68. The monoisotopic (exact) mass is 287 g/mol. The number of rotatable bonds is 6. The second-order valence-electron chi connectivity index (χ2n) is 4.79. The van der Waals surface area contributed by atoms with E-state index in [2.05, 4.69) is 10.6 Å². The summed E-state index contributed by atoms with van der Waals surface area (Å²) in [4.78, 5) is 12.0. The van der Waals surface area contributed by atoms with E-state index in [0.29, 0.717) is 18.8 Å². The van der Waals surface area contributed by atoms with E-state index in [0.717, 1.165) is 16.8 Å². The van der Waals surface area contributed by atoms with Crippen molar-refractivity contribution in [2.24, 2.45) is 7.05 Å². The molecule has 1 heterocycles. The lowest BCUT2D eigenvalue weighted by Gasteiger charge is -2.04. The SMILES string of the molecule is CNCCOC(=O)c1cc(-c2ccc(NC)cc2)cn1C. The molecule has 0 aliphatic heterocycles. The van der Waals surface area contributed by atoms with Crippen molar-refractivity contribution in [2.75, 3.05) is 32.6 Å². The molecule has 0 aliphatic rings. The van der Waals surface area contributed by atoms with Crippen LogP contribution in [0, 0.1) is 0 Å². The third-order valence-corrected chi connectivity index (χ3v) is 3.31. The summed E-state index contributed by atoms with van der Waals surface area (Å²) in [7, 11) is 5.56. The highest BCUT2D eigenvalue weighted by atomic mass is 16.5. The third kappa shape index (κ3) is 3.64. The van der Waals surface area contributed by atoms with Gasteiger partial charge in [-0.15, -0.1) is 0 Å². The molecule has 0 fully saturated rings. The number of esters is 1. The van der Waals surface area contributed by atoms with Crippen molar-refractivity contribution in [3.63, 3.8) is 0 Å². The van der Waals surface area contributed by atoms with Crippen LogP contribution in [0.25, 0.3) is 11.1 Å². The van der Waals surface area contributed by atoms with Gasteiger partial charge in [0.1, 0.15) is 12.3 Å². The Balaban J connectivity index is 2.15. The normalized spacial score (nSPS) is 10.4. The zero-order chi connectivity index (χ0) is 15.2. The minimum absolute atomic E-state index is 0.300. The van der Waals surface area contributed by atoms with E-state index in [-0.39, 0.29) is 5.97 Å². The van der Waals surface area contributed by atoms with Crippen LogP contribution in [-0.2, 0) is 11.8 Å². The van der Waals surface area contributed by atoms with Crippen LogP contribution in [0.3, 0.4) is 0 Å². The van der Waals surface area contributed by atoms with Crippen LogP contribution in [0.2, 0.25) is 0 Å². The molecule has 0 unspecified atom stereocenters. The van der Waals surface area contributed by atoms with Crippen LogP contribution >= 0.6 is 0 Å². The molecule has 0 spiro atoms. The average molecular weight is 287 g/mol. The fourth-order valence-corrected chi connectivity index (χ4v) is 2.07. The predicted molar refractivity (Wildman–Crippen MR) is 84.6 cm³/mol. The van der Waals surface area contributed by atoms with E-state index in [4.69, 9.17) is 4.74 Å². The topological polar surface area (TPSA) is 55.3 Å². The van der Waals surface area contributed by atoms with Crippen molar-refractivity contribution < 1.29 is 9.53 Å². The lowest BCUT2D eigenvalue weighted by Crippen LogP contribution is -2.18. The first-order valence-corrected chi connectivity index (χ1v) is 6.92. The molecule has 0 saturated carbocycles. The highest BCUT2D eigenvalue weighted by Crippen LogP contribution is 2.23. The number of nitrogens with one attached hydrogen (secondary N) is 2. The Hall–Kier alpha value is -2.27. The summed E-state index contributed by atoms with van der Waals surface area (Å²) in [5, 5.41) is 6.02. The van der Waals surface area contributed by atoms with Gasteiger partial charge in [-0.2, -0.15) is 0 Å². The quantitative estimate of drug-likeness (QED) is 0.631. The molecule has 0 atom stereocenters. The standard InChI is InChI=1S/C16H21N3O2/c1-17-8-9-21-16(20)15-10-13(11-19(15)3)12-4-6-14(18-2)7-5-12/h4-7,10-11,17-18H,8-9H2,1-3H3. The summed E-state index contributed by atoms with van der Waals surface area (Å²) in [6.45, 7) is 1.02. The number of aromatic nitrogens is 1. The Labute approximate surface area is 124 Å². The fraction of sp³-hybridized carbons (Fsp3) is 0.312. The van der Waals surface area contributed by atoms with Gasteiger partial charge >= 0.3 is 5.97 Å². The number of benzene rings is 1. The van der Waals surface area contributed by atoms with Gasteiger partial charge < -0.3 is 19.9 Å². The number of aryl methyl sites for hydroxylation is 1. The summed E-state index contributed by atoms with van der Waals surface area (Å²) < 4.78 is 7.00. The summed E-state index contributed by atoms with van der Waals surface area (Å²) >= 11 is 0. The number of hydrogen-bond acceptors (Lipinski definition) is 4. The fourth-order valence-electron chi connectivity index (χ4n) is 2.07. The maximum Gasteiger partial charge on any atom is 0.355 e. The van der Waals surface area contributed by atoms with Gasteiger partial charge in [-0.1, -0.05) is 12.1 Å². The molecular weight excluding hydrogens is 266 g/mol. The maximum atomic E-state index is 12.0. The van der Waals surface area contributed by atoms with Crippen LogP contribution in [0.5, 0.6) is 0 Å². The smallest absolute Gasteiger partial charge is 0.355 e. The molecule has 0 amide bonds. The number of nitrogens with zero attached hydrogens (tertiary/aromatic N) is 1. The van der Waals surface area contributed by atoms with Crippen molar-refractivity contribution in [1.82, 2.24) is 9.88 Å². The maximum absolute atomic E-state index is 12.0. The van der Waals surface area contributed by atoms with Crippen molar-refractivity contribution in [3.8, 4) is 11.1 Å². The van der Waals surface area contributed by atoms with Crippen LogP contribution in [0.1, 0.15) is 10.5 Å². The lowest BCUT2D eigenvalue weighted by atomic mass is 10.1. The van der Waals surface area contributed by atoms with Gasteiger partial charge in [0.2, 0.25) is 0 Å². The highest BCUT2D eigenvalue weighted by molar-refractivity contribution is 5.90. The van der Waals surface area contributed by atoms with Crippen LogP contribution in [0.4, 0.5) is 5.69 Å². The van der Waals surface area contributed by atoms with Crippen LogP contribution < -0.4 is 10.6 Å². The van der Waals surface area contributed by atoms with Crippen molar-refractivity contribution in [2.45, 2.75) is 0 Å².